The molecule has 2 heterocycles. The summed E-state index contributed by atoms with van der Waals surface area (Å²) in [5.74, 6) is 1.75. The maximum Gasteiger partial charge on any atom is 0.194 e. The van der Waals surface area contributed by atoms with Gasteiger partial charge in [0, 0.05) is 24.6 Å². The van der Waals surface area contributed by atoms with Crippen LogP contribution in [0.15, 0.2) is 57.4 Å². The Balaban J connectivity index is 1.24. The minimum atomic E-state index is -0.107. The van der Waals surface area contributed by atoms with E-state index in [1.807, 2.05) is 36.4 Å². The van der Waals surface area contributed by atoms with Gasteiger partial charge < -0.3 is 18.3 Å². The lowest BCUT2D eigenvalue weighted by atomic mass is 10.2. The second kappa shape index (κ2) is 9.08. The van der Waals surface area contributed by atoms with Crippen LogP contribution in [0.3, 0.4) is 0 Å². The highest BCUT2D eigenvalue weighted by Crippen LogP contribution is 2.30. The molecule has 0 spiro atoms. The molecule has 4 aromatic rings. The third-order valence-corrected chi connectivity index (χ3v) is 5.01. The van der Waals surface area contributed by atoms with Crippen molar-refractivity contribution in [3.63, 3.8) is 0 Å². The number of para-hydroxylation sites is 2. The average Bonchev–Trinajstić information content (AvgIpc) is 3.38. The van der Waals surface area contributed by atoms with Crippen LogP contribution in [-0.4, -0.2) is 24.8 Å². The van der Waals surface area contributed by atoms with E-state index >= 15 is 0 Å². The van der Waals surface area contributed by atoms with Crippen LogP contribution in [0.25, 0.3) is 21.9 Å². The molecule has 0 aliphatic rings. The number of Topliss-reactive ketones (excluding diaryl/α,β-unsaturated/α-hetero) is 2. The standard InChI is InChI=1S/C25H24O6/c1-16(26)22-14-18-8-6-10-20(24(18)30-22)28-12-4-3-5-13-29-21-11-7-9-19-15-23(17(2)27)31-25(19)21/h6-11,14-15H,3-5,12-13H2,1-2H3. The van der Waals surface area contributed by atoms with Gasteiger partial charge in [-0.3, -0.25) is 9.59 Å². The number of hydrogen-bond donors (Lipinski definition) is 0. The molecular formula is C25H24O6. The smallest absolute Gasteiger partial charge is 0.194 e. The zero-order chi connectivity index (χ0) is 21.8. The first-order valence-corrected chi connectivity index (χ1v) is 10.4. The number of benzene rings is 2. The SMILES string of the molecule is CC(=O)c1cc2cccc(OCCCCCOc3cccc4cc(C(C)=O)oc34)c2o1. The van der Waals surface area contributed by atoms with Crippen molar-refractivity contribution < 1.29 is 27.9 Å². The molecule has 0 amide bonds. The molecule has 31 heavy (non-hydrogen) atoms. The number of ketones is 2. The Morgan fingerprint density at radius 3 is 1.58 bits per heavy atom. The molecule has 0 bridgehead atoms. The van der Waals surface area contributed by atoms with Crippen LogP contribution in [0.5, 0.6) is 11.5 Å². The van der Waals surface area contributed by atoms with Gasteiger partial charge in [0.25, 0.3) is 0 Å². The van der Waals surface area contributed by atoms with Crippen molar-refractivity contribution in [1.82, 2.24) is 0 Å². The van der Waals surface area contributed by atoms with Crippen LogP contribution >= 0.6 is 0 Å². The molecule has 0 fully saturated rings. The Labute approximate surface area is 179 Å². The van der Waals surface area contributed by atoms with E-state index < -0.39 is 0 Å². The molecule has 0 unspecified atom stereocenters. The van der Waals surface area contributed by atoms with Crippen LogP contribution in [0, 0.1) is 0 Å². The summed E-state index contributed by atoms with van der Waals surface area (Å²) in [5, 5.41) is 1.72. The van der Waals surface area contributed by atoms with Crippen LogP contribution in [0.4, 0.5) is 0 Å². The molecule has 2 aromatic heterocycles. The Bertz CT molecular complexity index is 1130. The molecule has 0 saturated heterocycles. The predicted octanol–water partition coefficient (Wildman–Crippen LogP) is 6.21. The van der Waals surface area contributed by atoms with Gasteiger partial charge in [0.15, 0.2) is 45.8 Å². The number of carbonyl (C=O) groups excluding carboxylic acids is 2. The van der Waals surface area contributed by atoms with Gasteiger partial charge in [0.05, 0.1) is 13.2 Å². The summed E-state index contributed by atoms with van der Waals surface area (Å²) in [6.45, 7) is 4.06. The van der Waals surface area contributed by atoms with Crippen molar-refractivity contribution >= 4 is 33.5 Å². The summed E-state index contributed by atoms with van der Waals surface area (Å²) in [7, 11) is 0. The second-order valence-corrected chi connectivity index (χ2v) is 7.44. The summed E-state index contributed by atoms with van der Waals surface area (Å²) >= 11 is 0. The van der Waals surface area contributed by atoms with E-state index in [0.717, 1.165) is 30.0 Å². The van der Waals surface area contributed by atoms with Crippen LogP contribution < -0.4 is 9.47 Å². The minimum absolute atomic E-state index is 0.107. The lowest BCUT2D eigenvalue weighted by Crippen LogP contribution is -2.01. The summed E-state index contributed by atoms with van der Waals surface area (Å²) in [5.41, 5.74) is 1.21. The molecule has 0 radical (unpaired) electrons. The van der Waals surface area contributed by atoms with E-state index in [-0.39, 0.29) is 11.6 Å². The zero-order valence-electron chi connectivity index (χ0n) is 17.6. The van der Waals surface area contributed by atoms with Gasteiger partial charge in [0.2, 0.25) is 0 Å². The minimum Gasteiger partial charge on any atom is -0.490 e. The third-order valence-electron chi connectivity index (χ3n) is 5.01. The van der Waals surface area contributed by atoms with Gasteiger partial charge in [0.1, 0.15) is 0 Å². The monoisotopic (exact) mass is 420 g/mol. The third kappa shape index (κ3) is 4.63. The molecule has 2 aromatic carbocycles. The number of carbonyl (C=O) groups is 2. The van der Waals surface area contributed by atoms with E-state index in [9.17, 15) is 9.59 Å². The average molecular weight is 420 g/mol. The van der Waals surface area contributed by atoms with E-state index in [0.29, 0.717) is 47.4 Å². The fourth-order valence-electron chi connectivity index (χ4n) is 3.39. The number of unbranched alkanes of at least 4 members (excludes halogenated alkanes) is 2. The van der Waals surface area contributed by atoms with E-state index in [2.05, 4.69) is 0 Å². The van der Waals surface area contributed by atoms with E-state index in [4.69, 9.17) is 18.3 Å². The fraction of sp³-hybridized carbons (Fsp3) is 0.280. The van der Waals surface area contributed by atoms with Gasteiger partial charge in [-0.15, -0.1) is 0 Å². The first kappa shape index (κ1) is 20.7. The summed E-state index contributed by atoms with van der Waals surface area (Å²) < 4.78 is 23.0. The van der Waals surface area contributed by atoms with Gasteiger partial charge in [-0.1, -0.05) is 24.3 Å². The van der Waals surface area contributed by atoms with Crippen LogP contribution in [-0.2, 0) is 0 Å². The number of hydrogen-bond acceptors (Lipinski definition) is 6. The van der Waals surface area contributed by atoms with E-state index in [1.165, 1.54) is 13.8 Å². The molecule has 0 N–H and O–H groups in total. The van der Waals surface area contributed by atoms with Gasteiger partial charge in [-0.05, 0) is 43.5 Å². The maximum atomic E-state index is 11.5. The van der Waals surface area contributed by atoms with Crippen molar-refractivity contribution in [2.75, 3.05) is 13.2 Å². The van der Waals surface area contributed by atoms with Crippen molar-refractivity contribution in [3.05, 3.63) is 60.1 Å². The highest BCUT2D eigenvalue weighted by molar-refractivity contribution is 5.97. The largest absolute Gasteiger partial charge is 0.490 e. The lowest BCUT2D eigenvalue weighted by molar-refractivity contribution is 0.0981. The van der Waals surface area contributed by atoms with Gasteiger partial charge in [-0.2, -0.15) is 0 Å². The number of furan rings is 2. The van der Waals surface area contributed by atoms with Crippen molar-refractivity contribution in [1.29, 1.82) is 0 Å². The van der Waals surface area contributed by atoms with Crippen molar-refractivity contribution in [2.45, 2.75) is 33.1 Å². The Kier molecular flexibility index (Phi) is 6.07. The maximum absolute atomic E-state index is 11.5. The summed E-state index contributed by atoms with van der Waals surface area (Å²) in [6, 6.07) is 14.7. The van der Waals surface area contributed by atoms with Gasteiger partial charge >= 0.3 is 0 Å². The molecule has 4 rings (SSSR count). The highest BCUT2D eigenvalue weighted by atomic mass is 16.5. The van der Waals surface area contributed by atoms with Crippen LogP contribution in [0.2, 0.25) is 0 Å². The molecule has 160 valence electrons. The lowest BCUT2D eigenvalue weighted by Gasteiger charge is -2.08. The number of rotatable bonds is 10. The molecular weight excluding hydrogens is 396 g/mol. The van der Waals surface area contributed by atoms with E-state index in [1.54, 1.807) is 12.1 Å². The topological polar surface area (TPSA) is 78.9 Å². The summed E-state index contributed by atoms with van der Waals surface area (Å²) in [4.78, 5) is 23.1. The highest BCUT2D eigenvalue weighted by Gasteiger charge is 2.13. The Morgan fingerprint density at radius 1 is 0.710 bits per heavy atom. The normalized spacial score (nSPS) is 11.2. The number of fused-ring (bicyclic) bond motifs is 2. The van der Waals surface area contributed by atoms with Crippen molar-refractivity contribution in [3.8, 4) is 11.5 Å². The fourth-order valence-corrected chi connectivity index (χ4v) is 3.39. The zero-order valence-corrected chi connectivity index (χ0v) is 17.6. The quantitative estimate of drug-likeness (QED) is 0.224. The number of ether oxygens (including phenoxy) is 2. The predicted molar refractivity (Wildman–Crippen MR) is 117 cm³/mol. The Hall–Kier alpha value is -3.54. The summed E-state index contributed by atoms with van der Waals surface area (Å²) in [6.07, 6.45) is 2.65. The first-order valence-electron chi connectivity index (χ1n) is 10.4. The molecule has 0 atom stereocenters. The van der Waals surface area contributed by atoms with Crippen LogP contribution in [0.1, 0.15) is 54.2 Å². The second-order valence-electron chi connectivity index (χ2n) is 7.44. The molecule has 6 heteroatoms. The molecule has 6 nitrogen and oxygen atoms in total. The van der Waals surface area contributed by atoms with Gasteiger partial charge in [-0.25, -0.2) is 0 Å². The molecule has 0 aliphatic carbocycles. The molecule has 0 aliphatic heterocycles. The van der Waals surface area contributed by atoms with Crippen molar-refractivity contribution in [2.24, 2.45) is 0 Å². The molecule has 0 saturated carbocycles. The Morgan fingerprint density at radius 2 is 1.16 bits per heavy atom. The first-order chi connectivity index (χ1) is 15.0.